The van der Waals surface area contributed by atoms with Crippen LogP contribution in [0.4, 0.5) is 0 Å². The van der Waals surface area contributed by atoms with Crippen molar-refractivity contribution in [2.75, 3.05) is 19.7 Å². The zero-order valence-corrected chi connectivity index (χ0v) is 14.1. The molecular formula is C22H25NO. The second-order valence-corrected chi connectivity index (χ2v) is 6.94. The molecule has 1 aliphatic carbocycles. The highest BCUT2D eigenvalue weighted by molar-refractivity contribution is 5.31. The zero-order valence-electron chi connectivity index (χ0n) is 14.1. The predicted molar refractivity (Wildman–Crippen MR) is 98.4 cm³/mol. The maximum atomic E-state index is 5.96. The molecule has 2 aromatic carbocycles. The first-order valence-electron chi connectivity index (χ1n) is 9.05. The van der Waals surface area contributed by atoms with E-state index >= 15 is 0 Å². The van der Waals surface area contributed by atoms with Gasteiger partial charge in [0.15, 0.2) is 0 Å². The standard InChI is InChI=1S/C22H25NO/c1-2-4-18(5-3-1)16-19-8-12-22(13-9-19)24-15-14-23-17-20-6-10-21(23)11-7-20/h1-6,8-10,12-13,20-21H,7,11,14-17H2/t20-,21+/m1/s1. The molecule has 5 rings (SSSR count). The highest BCUT2D eigenvalue weighted by Crippen LogP contribution is 2.29. The molecule has 0 radical (unpaired) electrons. The van der Waals surface area contributed by atoms with Crippen molar-refractivity contribution in [3.63, 3.8) is 0 Å². The fourth-order valence-electron chi connectivity index (χ4n) is 3.83. The number of rotatable bonds is 6. The largest absolute Gasteiger partial charge is 0.492 e. The Balaban J connectivity index is 1.26. The molecule has 0 saturated carbocycles. The average Bonchev–Trinajstić information content (AvgIpc) is 2.65. The van der Waals surface area contributed by atoms with E-state index in [-0.39, 0.29) is 0 Å². The lowest BCUT2D eigenvalue weighted by Gasteiger charge is -2.41. The molecule has 24 heavy (non-hydrogen) atoms. The van der Waals surface area contributed by atoms with Crippen LogP contribution in [0.1, 0.15) is 24.0 Å². The lowest BCUT2D eigenvalue weighted by Crippen LogP contribution is -2.46. The summed E-state index contributed by atoms with van der Waals surface area (Å²) in [5, 5.41) is 0. The summed E-state index contributed by atoms with van der Waals surface area (Å²) in [5.74, 6) is 1.75. The molecule has 1 fully saturated rings. The van der Waals surface area contributed by atoms with E-state index in [4.69, 9.17) is 4.74 Å². The molecule has 2 bridgehead atoms. The summed E-state index contributed by atoms with van der Waals surface area (Å²) >= 11 is 0. The predicted octanol–water partition coefficient (Wildman–Crippen LogP) is 4.31. The van der Waals surface area contributed by atoms with E-state index < -0.39 is 0 Å². The summed E-state index contributed by atoms with van der Waals surface area (Å²) in [7, 11) is 0. The topological polar surface area (TPSA) is 12.5 Å². The smallest absolute Gasteiger partial charge is 0.119 e. The summed E-state index contributed by atoms with van der Waals surface area (Å²) in [5.41, 5.74) is 2.67. The summed E-state index contributed by atoms with van der Waals surface area (Å²) in [6.45, 7) is 3.01. The first kappa shape index (κ1) is 15.5. The van der Waals surface area contributed by atoms with Crippen LogP contribution in [-0.2, 0) is 6.42 Å². The summed E-state index contributed by atoms with van der Waals surface area (Å²) in [6.07, 6.45) is 8.44. The molecule has 0 amide bonds. The number of benzene rings is 2. The molecule has 2 aromatic rings. The van der Waals surface area contributed by atoms with Crippen molar-refractivity contribution in [3.8, 4) is 5.75 Å². The quantitative estimate of drug-likeness (QED) is 0.736. The molecule has 1 saturated heterocycles. The SMILES string of the molecule is C1=C[C@H]2CC[C@@H]1CN2CCOc1ccc(Cc2ccccc2)cc1. The van der Waals surface area contributed by atoms with Gasteiger partial charge in [0, 0.05) is 19.1 Å². The normalized spacial score (nSPS) is 22.7. The lowest BCUT2D eigenvalue weighted by atomic mass is 9.86. The molecule has 3 aliphatic rings. The van der Waals surface area contributed by atoms with Crippen molar-refractivity contribution >= 4 is 0 Å². The minimum Gasteiger partial charge on any atom is -0.492 e. The van der Waals surface area contributed by atoms with E-state index in [1.54, 1.807) is 0 Å². The van der Waals surface area contributed by atoms with Gasteiger partial charge in [0.1, 0.15) is 12.4 Å². The van der Waals surface area contributed by atoms with Crippen LogP contribution in [0.25, 0.3) is 0 Å². The highest BCUT2D eigenvalue weighted by Gasteiger charge is 2.29. The van der Waals surface area contributed by atoms with Gasteiger partial charge in [-0.1, -0.05) is 54.6 Å². The maximum absolute atomic E-state index is 5.96. The number of piperidine rings is 1. The van der Waals surface area contributed by atoms with Gasteiger partial charge in [-0.2, -0.15) is 0 Å². The molecule has 0 spiro atoms. The first-order chi connectivity index (χ1) is 11.9. The second kappa shape index (κ2) is 7.23. The van der Waals surface area contributed by atoms with Crippen LogP contribution in [0.5, 0.6) is 5.75 Å². The Labute approximate surface area is 144 Å². The van der Waals surface area contributed by atoms with Crippen molar-refractivity contribution < 1.29 is 4.74 Å². The second-order valence-electron chi connectivity index (χ2n) is 6.94. The Kier molecular flexibility index (Phi) is 4.66. The molecule has 124 valence electrons. The first-order valence-corrected chi connectivity index (χ1v) is 9.05. The molecule has 2 heterocycles. The van der Waals surface area contributed by atoms with Crippen molar-refractivity contribution in [1.29, 1.82) is 0 Å². The van der Waals surface area contributed by atoms with E-state index in [0.717, 1.165) is 31.2 Å². The van der Waals surface area contributed by atoms with E-state index in [1.165, 1.54) is 30.5 Å². The van der Waals surface area contributed by atoms with Crippen LogP contribution in [0, 0.1) is 5.92 Å². The minimum absolute atomic E-state index is 0.645. The minimum atomic E-state index is 0.645. The Morgan fingerprint density at radius 3 is 2.33 bits per heavy atom. The van der Waals surface area contributed by atoms with Crippen molar-refractivity contribution in [3.05, 3.63) is 77.9 Å². The van der Waals surface area contributed by atoms with Gasteiger partial charge in [-0.05, 0) is 48.4 Å². The third kappa shape index (κ3) is 3.70. The molecule has 2 aliphatic heterocycles. The van der Waals surface area contributed by atoms with Crippen LogP contribution < -0.4 is 4.74 Å². The van der Waals surface area contributed by atoms with Crippen molar-refractivity contribution in [2.24, 2.45) is 5.92 Å². The fourth-order valence-corrected chi connectivity index (χ4v) is 3.83. The third-order valence-electron chi connectivity index (χ3n) is 5.20. The van der Waals surface area contributed by atoms with Gasteiger partial charge in [-0.3, -0.25) is 4.90 Å². The lowest BCUT2D eigenvalue weighted by molar-refractivity contribution is 0.115. The van der Waals surface area contributed by atoms with Crippen LogP contribution in [0.15, 0.2) is 66.7 Å². The Bertz CT molecular complexity index is 677. The van der Waals surface area contributed by atoms with Crippen LogP contribution >= 0.6 is 0 Å². The van der Waals surface area contributed by atoms with E-state index in [2.05, 4.69) is 71.6 Å². The van der Waals surface area contributed by atoms with Crippen molar-refractivity contribution in [2.45, 2.75) is 25.3 Å². The molecule has 0 N–H and O–H groups in total. The highest BCUT2D eigenvalue weighted by atomic mass is 16.5. The monoisotopic (exact) mass is 319 g/mol. The number of hydrogen-bond acceptors (Lipinski definition) is 2. The van der Waals surface area contributed by atoms with Crippen LogP contribution in [0.2, 0.25) is 0 Å². The Morgan fingerprint density at radius 1 is 0.875 bits per heavy atom. The van der Waals surface area contributed by atoms with Gasteiger partial charge in [-0.25, -0.2) is 0 Å². The van der Waals surface area contributed by atoms with E-state index in [9.17, 15) is 0 Å². The van der Waals surface area contributed by atoms with Crippen LogP contribution in [0.3, 0.4) is 0 Å². The molecule has 0 unspecified atom stereocenters. The number of fused-ring (bicyclic) bond motifs is 2. The molecule has 2 heteroatoms. The van der Waals surface area contributed by atoms with Gasteiger partial charge >= 0.3 is 0 Å². The van der Waals surface area contributed by atoms with Crippen molar-refractivity contribution in [1.82, 2.24) is 4.90 Å². The van der Waals surface area contributed by atoms with Crippen LogP contribution in [-0.4, -0.2) is 30.6 Å². The third-order valence-corrected chi connectivity index (χ3v) is 5.20. The van der Waals surface area contributed by atoms with Gasteiger partial charge in [0.25, 0.3) is 0 Å². The molecule has 0 aromatic heterocycles. The molecule has 2 atom stereocenters. The number of hydrogen-bond donors (Lipinski definition) is 0. The fraction of sp³-hybridized carbons (Fsp3) is 0.364. The molecule has 2 nitrogen and oxygen atoms in total. The van der Waals surface area contributed by atoms with Gasteiger partial charge < -0.3 is 4.74 Å². The summed E-state index contributed by atoms with van der Waals surface area (Å²) in [6, 6.07) is 19.8. The van der Waals surface area contributed by atoms with Gasteiger partial charge in [-0.15, -0.1) is 0 Å². The van der Waals surface area contributed by atoms with Gasteiger partial charge in [0.05, 0.1) is 0 Å². The summed E-state index contributed by atoms with van der Waals surface area (Å²) < 4.78 is 5.96. The van der Waals surface area contributed by atoms with E-state index in [1.807, 2.05) is 0 Å². The Hall–Kier alpha value is -2.06. The van der Waals surface area contributed by atoms with Gasteiger partial charge in [0.2, 0.25) is 0 Å². The number of ether oxygens (including phenoxy) is 1. The van der Waals surface area contributed by atoms with E-state index in [0.29, 0.717) is 6.04 Å². The Morgan fingerprint density at radius 2 is 1.67 bits per heavy atom. The summed E-state index contributed by atoms with van der Waals surface area (Å²) in [4.78, 5) is 2.57. The number of nitrogens with zero attached hydrogens (tertiary/aromatic N) is 1. The zero-order chi connectivity index (χ0) is 16.2. The molecular weight excluding hydrogens is 294 g/mol. The average molecular weight is 319 g/mol. The maximum Gasteiger partial charge on any atom is 0.119 e.